The Morgan fingerprint density at radius 1 is 1.29 bits per heavy atom. The lowest BCUT2D eigenvalue weighted by Gasteiger charge is -2.23. The second-order valence-electron chi connectivity index (χ2n) is 5.25. The van der Waals surface area contributed by atoms with Gasteiger partial charge < -0.3 is 11.1 Å². The first-order valence-electron chi connectivity index (χ1n) is 6.79. The summed E-state index contributed by atoms with van der Waals surface area (Å²) in [5.74, 6) is -0.330. The Morgan fingerprint density at radius 2 is 2.00 bits per heavy atom. The van der Waals surface area contributed by atoms with Gasteiger partial charge in [-0.2, -0.15) is 0 Å². The third-order valence-electron chi connectivity index (χ3n) is 3.63. The quantitative estimate of drug-likeness (QED) is 0.789. The first-order valence-corrected chi connectivity index (χ1v) is 6.79. The summed E-state index contributed by atoms with van der Waals surface area (Å²) < 4.78 is 12.9. The smallest absolute Gasteiger partial charge is 0.326 e. The number of hydrogen-bond donors (Lipinski definition) is 2. The average molecular weight is 285 g/mol. The second kappa shape index (κ2) is 5.09. The summed E-state index contributed by atoms with van der Waals surface area (Å²) in [5, 5.41) is 2.79. The molecule has 5 heteroatoms. The van der Waals surface area contributed by atoms with Crippen LogP contribution in [0.25, 0.3) is 0 Å². The van der Waals surface area contributed by atoms with Crippen molar-refractivity contribution in [3.8, 4) is 0 Å². The number of nitrogens with one attached hydrogen (secondary N) is 1. The van der Waals surface area contributed by atoms with Crippen molar-refractivity contribution in [3.63, 3.8) is 0 Å². The molecule has 1 unspecified atom stereocenters. The fourth-order valence-corrected chi connectivity index (χ4v) is 2.68. The van der Waals surface area contributed by atoms with Gasteiger partial charge in [-0.3, -0.25) is 4.90 Å². The summed E-state index contributed by atoms with van der Waals surface area (Å²) >= 11 is 0. The highest BCUT2D eigenvalue weighted by atomic mass is 19.1. The Kier molecular flexibility index (Phi) is 3.25. The maximum absolute atomic E-state index is 12.9. The van der Waals surface area contributed by atoms with Crippen LogP contribution in [-0.2, 0) is 6.42 Å². The number of nitrogens with two attached hydrogens (primary N) is 1. The number of hydrogen-bond acceptors (Lipinski definition) is 2. The average Bonchev–Trinajstić information content (AvgIpc) is 2.76. The molecule has 0 radical (unpaired) electrons. The van der Waals surface area contributed by atoms with Gasteiger partial charge >= 0.3 is 6.03 Å². The van der Waals surface area contributed by atoms with E-state index >= 15 is 0 Å². The lowest BCUT2D eigenvalue weighted by atomic mass is 10.1. The molecule has 108 valence electrons. The van der Waals surface area contributed by atoms with Crippen LogP contribution in [0.3, 0.4) is 0 Å². The monoisotopic (exact) mass is 285 g/mol. The van der Waals surface area contributed by atoms with Gasteiger partial charge in [0.15, 0.2) is 0 Å². The number of anilines is 3. The number of rotatable bonds is 1. The summed E-state index contributed by atoms with van der Waals surface area (Å²) in [5.41, 5.74) is 8.98. The highest BCUT2D eigenvalue weighted by molar-refractivity contribution is 6.03. The predicted octanol–water partition coefficient (Wildman–Crippen LogP) is 3.39. The lowest BCUT2D eigenvalue weighted by Crippen LogP contribution is -2.39. The number of nitrogen functional groups attached to an aromatic ring is 1. The minimum atomic E-state index is -0.330. The topological polar surface area (TPSA) is 58.4 Å². The molecule has 1 aliphatic rings. The van der Waals surface area contributed by atoms with Crippen LogP contribution in [-0.4, -0.2) is 12.1 Å². The minimum Gasteiger partial charge on any atom is -0.399 e. The van der Waals surface area contributed by atoms with Crippen LogP contribution in [0.1, 0.15) is 12.5 Å². The fourth-order valence-electron chi connectivity index (χ4n) is 2.68. The number of carbonyl (C=O) groups excluding carboxylic acids is 1. The second-order valence-corrected chi connectivity index (χ2v) is 5.25. The van der Waals surface area contributed by atoms with Crippen LogP contribution in [0.2, 0.25) is 0 Å². The summed E-state index contributed by atoms with van der Waals surface area (Å²) in [4.78, 5) is 14.2. The molecule has 3 rings (SSSR count). The number of carbonyl (C=O) groups is 1. The summed E-state index contributed by atoms with van der Waals surface area (Å²) in [6, 6.07) is 11.1. The summed E-state index contributed by atoms with van der Waals surface area (Å²) in [7, 11) is 0. The van der Waals surface area contributed by atoms with Gasteiger partial charge in [0, 0.05) is 23.1 Å². The van der Waals surface area contributed by atoms with Crippen molar-refractivity contribution in [2.24, 2.45) is 0 Å². The van der Waals surface area contributed by atoms with E-state index in [1.807, 2.05) is 19.1 Å². The molecule has 2 aromatic carbocycles. The molecule has 1 heterocycles. The Balaban J connectivity index is 1.83. The van der Waals surface area contributed by atoms with Crippen LogP contribution < -0.4 is 16.0 Å². The van der Waals surface area contributed by atoms with Gasteiger partial charge in [0.25, 0.3) is 0 Å². The first kappa shape index (κ1) is 13.4. The van der Waals surface area contributed by atoms with E-state index in [0.717, 1.165) is 17.7 Å². The van der Waals surface area contributed by atoms with E-state index in [1.165, 1.54) is 24.3 Å². The number of amides is 2. The van der Waals surface area contributed by atoms with Crippen LogP contribution in [0, 0.1) is 5.82 Å². The zero-order chi connectivity index (χ0) is 15.0. The molecule has 2 aromatic rings. The highest BCUT2D eigenvalue weighted by Crippen LogP contribution is 2.33. The van der Waals surface area contributed by atoms with Crippen molar-refractivity contribution in [1.82, 2.24) is 0 Å². The fraction of sp³-hybridized carbons (Fsp3) is 0.188. The standard InChI is InChI=1S/C16H16FN3O/c1-10-8-11-9-13(18)4-7-15(11)20(10)16(21)19-14-5-2-12(17)3-6-14/h2-7,9-10H,8,18H2,1H3,(H,19,21). The van der Waals surface area contributed by atoms with Gasteiger partial charge in [0.05, 0.1) is 0 Å². The van der Waals surface area contributed by atoms with E-state index < -0.39 is 0 Å². The molecule has 2 amide bonds. The lowest BCUT2D eigenvalue weighted by molar-refractivity contribution is 0.256. The van der Waals surface area contributed by atoms with E-state index in [4.69, 9.17) is 5.73 Å². The molecule has 0 bridgehead atoms. The Morgan fingerprint density at radius 3 is 2.71 bits per heavy atom. The molecule has 0 aromatic heterocycles. The summed E-state index contributed by atoms with van der Waals surface area (Å²) in [6.45, 7) is 1.99. The molecule has 0 fully saturated rings. The molecule has 1 atom stereocenters. The Labute approximate surface area is 122 Å². The molecule has 0 saturated carbocycles. The normalized spacial score (nSPS) is 16.7. The van der Waals surface area contributed by atoms with E-state index in [2.05, 4.69) is 5.32 Å². The molecule has 0 spiro atoms. The maximum Gasteiger partial charge on any atom is 0.326 e. The van der Waals surface area contributed by atoms with Gasteiger partial charge in [0.2, 0.25) is 0 Å². The van der Waals surface area contributed by atoms with Gasteiger partial charge in [0.1, 0.15) is 5.82 Å². The maximum atomic E-state index is 12.9. The third kappa shape index (κ3) is 2.54. The van der Waals surface area contributed by atoms with Crippen molar-refractivity contribution < 1.29 is 9.18 Å². The molecule has 0 aliphatic carbocycles. The Bertz CT molecular complexity index is 684. The zero-order valence-corrected chi connectivity index (χ0v) is 11.6. The van der Waals surface area contributed by atoms with Crippen molar-refractivity contribution in [1.29, 1.82) is 0 Å². The van der Waals surface area contributed by atoms with Crippen LogP contribution in [0.5, 0.6) is 0 Å². The SMILES string of the molecule is CC1Cc2cc(N)ccc2N1C(=O)Nc1ccc(F)cc1. The van der Waals surface area contributed by atoms with Crippen LogP contribution >= 0.6 is 0 Å². The molecule has 21 heavy (non-hydrogen) atoms. The van der Waals surface area contributed by atoms with E-state index in [-0.39, 0.29) is 17.9 Å². The van der Waals surface area contributed by atoms with Crippen molar-refractivity contribution in [2.45, 2.75) is 19.4 Å². The van der Waals surface area contributed by atoms with Gasteiger partial charge in [-0.1, -0.05) is 0 Å². The molecule has 4 nitrogen and oxygen atoms in total. The molecule has 3 N–H and O–H groups in total. The minimum absolute atomic E-state index is 0.0576. The first-order chi connectivity index (χ1) is 10.0. The molecule has 0 saturated heterocycles. The zero-order valence-electron chi connectivity index (χ0n) is 11.6. The van der Waals surface area contributed by atoms with Gasteiger partial charge in [-0.15, -0.1) is 0 Å². The van der Waals surface area contributed by atoms with E-state index in [1.54, 1.807) is 11.0 Å². The van der Waals surface area contributed by atoms with Crippen molar-refractivity contribution in [2.75, 3.05) is 16.0 Å². The number of nitrogens with zero attached hydrogens (tertiary/aromatic N) is 1. The van der Waals surface area contributed by atoms with Gasteiger partial charge in [-0.25, -0.2) is 9.18 Å². The highest BCUT2D eigenvalue weighted by Gasteiger charge is 2.30. The van der Waals surface area contributed by atoms with Crippen molar-refractivity contribution >= 4 is 23.1 Å². The number of halogens is 1. The van der Waals surface area contributed by atoms with Crippen LogP contribution in [0.15, 0.2) is 42.5 Å². The van der Waals surface area contributed by atoms with E-state index in [0.29, 0.717) is 11.4 Å². The van der Waals surface area contributed by atoms with Crippen LogP contribution in [0.4, 0.5) is 26.2 Å². The van der Waals surface area contributed by atoms with E-state index in [9.17, 15) is 9.18 Å². The van der Waals surface area contributed by atoms with Gasteiger partial charge in [-0.05, 0) is 61.4 Å². The predicted molar refractivity (Wildman–Crippen MR) is 81.9 cm³/mol. The molecular weight excluding hydrogens is 269 g/mol. The number of fused-ring (bicyclic) bond motifs is 1. The van der Waals surface area contributed by atoms with Crippen molar-refractivity contribution in [3.05, 3.63) is 53.8 Å². The summed E-state index contributed by atoms with van der Waals surface area (Å²) in [6.07, 6.45) is 0.775. The molecular formula is C16H16FN3O. The largest absolute Gasteiger partial charge is 0.399 e. The number of urea groups is 1. The molecule has 1 aliphatic heterocycles. The Hall–Kier alpha value is -2.56. The third-order valence-corrected chi connectivity index (χ3v) is 3.63. The number of benzene rings is 2.